The molecule has 0 saturated carbocycles. The van der Waals surface area contributed by atoms with E-state index >= 15 is 0 Å². The number of nitrogen functional groups attached to an aromatic ring is 1. The predicted octanol–water partition coefficient (Wildman–Crippen LogP) is 1.65. The first kappa shape index (κ1) is 17.9. The minimum absolute atomic E-state index is 0.0125. The lowest BCUT2D eigenvalue weighted by Crippen LogP contribution is -2.24. The Morgan fingerprint density at radius 2 is 2.04 bits per heavy atom. The topological polar surface area (TPSA) is 136 Å². The number of rotatable bonds is 4. The molecule has 4 N–H and O–H groups in total. The van der Waals surface area contributed by atoms with Crippen molar-refractivity contribution >= 4 is 50.2 Å². The minimum atomic E-state index is -0.638. The van der Waals surface area contributed by atoms with E-state index in [9.17, 15) is 19.2 Å². The molecule has 142 valence electrons. The Bertz CT molecular complexity index is 1230. The Labute approximate surface area is 162 Å². The molecule has 4 rings (SSSR count). The summed E-state index contributed by atoms with van der Waals surface area (Å²) in [5.74, 6) is -1.49. The zero-order valence-corrected chi connectivity index (χ0v) is 15.6. The van der Waals surface area contributed by atoms with E-state index in [1.807, 2.05) is 6.92 Å². The summed E-state index contributed by atoms with van der Waals surface area (Å²) in [6.45, 7) is 1.91. The lowest BCUT2D eigenvalue weighted by molar-refractivity contribution is -0.116. The third-order valence-electron chi connectivity index (χ3n) is 4.31. The molecule has 0 bridgehead atoms. The van der Waals surface area contributed by atoms with E-state index in [1.165, 1.54) is 15.9 Å². The zero-order valence-electron chi connectivity index (χ0n) is 14.7. The molecule has 0 unspecified atom stereocenters. The summed E-state index contributed by atoms with van der Waals surface area (Å²) in [5, 5.41) is 5.34. The molecule has 2 aromatic heterocycles. The Balaban J connectivity index is 1.79. The zero-order chi connectivity index (χ0) is 20.0. The van der Waals surface area contributed by atoms with E-state index in [0.717, 1.165) is 17.2 Å². The molecule has 1 aromatic carbocycles. The summed E-state index contributed by atoms with van der Waals surface area (Å²) < 4.78 is 1.91. The van der Waals surface area contributed by atoms with Gasteiger partial charge in [-0.1, -0.05) is 18.3 Å². The molecule has 9 nitrogen and oxygen atoms in total. The van der Waals surface area contributed by atoms with Gasteiger partial charge in [0.25, 0.3) is 17.4 Å². The van der Waals surface area contributed by atoms with Crippen LogP contribution >= 0.6 is 11.3 Å². The van der Waals surface area contributed by atoms with Crippen LogP contribution in [0.1, 0.15) is 40.5 Å². The van der Waals surface area contributed by atoms with E-state index in [0.29, 0.717) is 22.8 Å². The van der Waals surface area contributed by atoms with Crippen molar-refractivity contribution in [3.8, 4) is 5.69 Å². The van der Waals surface area contributed by atoms with Crippen molar-refractivity contribution in [1.29, 1.82) is 0 Å². The lowest BCUT2D eigenvalue weighted by Gasteiger charge is -2.11. The number of hydrogen-bond donors (Lipinski definition) is 3. The van der Waals surface area contributed by atoms with Gasteiger partial charge in [0.15, 0.2) is 5.13 Å². The highest BCUT2D eigenvalue weighted by molar-refractivity contribution is 7.22. The average molecular weight is 397 g/mol. The summed E-state index contributed by atoms with van der Waals surface area (Å²) in [4.78, 5) is 52.4. The summed E-state index contributed by atoms with van der Waals surface area (Å²) in [6.07, 6.45) is 1.14. The number of pyridine rings is 1. The largest absolute Gasteiger partial charge is 0.384 e. The Morgan fingerprint density at radius 3 is 2.79 bits per heavy atom. The fourth-order valence-corrected chi connectivity index (χ4v) is 3.98. The number of nitrogens with two attached hydrogens (primary N) is 1. The van der Waals surface area contributed by atoms with Crippen LogP contribution in [0.15, 0.2) is 29.1 Å². The van der Waals surface area contributed by atoms with Gasteiger partial charge in [0.1, 0.15) is 5.82 Å². The van der Waals surface area contributed by atoms with Crippen LogP contribution in [0.4, 0.5) is 10.9 Å². The van der Waals surface area contributed by atoms with E-state index < -0.39 is 17.4 Å². The van der Waals surface area contributed by atoms with Crippen molar-refractivity contribution in [2.45, 2.75) is 19.8 Å². The summed E-state index contributed by atoms with van der Waals surface area (Å²) in [6, 6.07) is 6.13. The van der Waals surface area contributed by atoms with Crippen molar-refractivity contribution in [3.05, 3.63) is 45.7 Å². The second-order valence-corrected chi connectivity index (χ2v) is 7.28. The maximum Gasteiger partial charge on any atom is 0.262 e. The van der Waals surface area contributed by atoms with Crippen molar-refractivity contribution in [3.63, 3.8) is 0 Å². The molecule has 3 heterocycles. The van der Waals surface area contributed by atoms with Gasteiger partial charge in [-0.25, -0.2) is 4.98 Å². The SMILES string of the molecule is CCCC(=O)Nc1nc2ccc(-n3c(N)c4c(cc3=O)C(=O)NC4=O)cc2s1. The van der Waals surface area contributed by atoms with Crippen LogP contribution in [0.25, 0.3) is 15.9 Å². The normalized spacial score (nSPS) is 12.9. The molecule has 3 amide bonds. The summed E-state index contributed by atoms with van der Waals surface area (Å²) >= 11 is 1.27. The Kier molecular flexibility index (Phi) is 4.19. The molecule has 28 heavy (non-hydrogen) atoms. The quantitative estimate of drug-likeness (QED) is 0.573. The fraction of sp³-hybridized carbons (Fsp3) is 0.167. The molecule has 0 spiro atoms. The molecule has 0 fully saturated rings. The highest BCUT2D eigenvalue weighted by atomic mass is 32.1. The molecule has 0 saturated heterocycles. The van der Waals surface area contributed by atoms with Gasteiger partial charge >= 0.3 is 0 Å². The number of thiazole rings is 1. The highest BCUT2D eigenvalue weighted by Gasteiger charge is 2.31. The van der Waals surface area contributed by atoms with Crippen LogP contribution in [0.3, 0.4) is 0 Å². The molecular weight excluding hydrogens is 382 g/mol. The van der Waals surface area contributed by atoms with Gasteiger partial charge in [-0.15, -0.1) is 0 Å². The second-order valence-electron chi connectivity index (χ2n) is 6.24. The van der Waals surface area contributed by atoms with Gasteiger partial charge < -0.3 is 11.1 Å². The first-order chi connectivity index (χ1) is 13.4. The van der Waals surface area contributed by atoms with Gasteiger partial charge in [-0.2, -0.15) is 0 Å². The molecule has 0 atom stereocenters. The summed E-state index contributed by atoms with van der Waals surface area (Å²) in [5.41, 5.74) is 6.57. The molecule has 1 aliphatic rings. The average Bonchev–Trinajstić information content (AvgIpc) is 3.14. The second kappa shape index (κ2) is 6.57. The lowest BCUT2D eigenvalue weighted by atomic mass is 10.1. The van der Waals surface area contributed by atoms with Crippen LogP contribution in [0.2, 0.25) is 0 Å². The van der Waals surface area contributed by atoms with Gasteiger partial charge in [-0.3, -0.25) is 29.1 Å². The maximum absolute atomic E-state index is 12.5. The molecule has 0 aliphatic carbocycles. The molecular formula is C18H15N5O4S. The number of benzene rings is 1. The molecule has 10 heteroatoms. The molecule has 0 radical (unpaired) electrons. The first-order valence-electron chi connectivity index (χ1n) is 8.51. The predicted molar refractivity (Wildman–Crippen MR) is 105 cm³/mol. The third kappa shape index (κ3) is 2.83. The van der Waals surface area contributed by atoms with Gasteiger partial charge in [-0.05, 0) is 24.6 Å². The van der Waals surface area contributed by atoms with Gasteiger partial charge in [0.05, 0.1) is 27.0 Å². The number of anilines is 2. The molecule has 3 aromatic rings. The number of carbonyl (C=O) groups is 3. The van der Waals surface area contributed by atoms with Crippen molar-refractivity contribution in [2.75, 3.05) is 11.1 Å². The van der Waals surface area contributed by atoms with Crippen molar-refractivity contribution in [2.24, 2.45) is 0 Å². The molecule has 1 aliphatic heterocycles. The van der Waals surface area contributed by atoms with Gasteiger partial charge in [0, 0.05) is 12.5 Å². The Morgan fingerprint density at radius 1 is 1.25 bits per heavy atom. The standard InChI is InChI=1S/C18H15N5O4S/c1-2-3-12(24)21-18-20-10-5-4-8(6-11(10)28-18)23-13(25)7-9-14(15(23)19)17(27)22-16(9)26/h4-7H,2-3,19H2,1H3,(H,20,21,24)(H,22,26,27). The van der Waals surface area contributed by atoms with Crippen molar-refractivity contribution < 1.29 is 14.4 Å². The monoisotopic (exact) mass is 397 g/mol. The van der Waals surface area contributed by atoms with Crippen LogP contribution in [0.5, 0.6) is 0 Å². The van der Waals surface area contributed by atoms with Crippen LogP contribution < -0.4 is 21.9 Å². The Hall–Kier alpha value is -3.53. The number of hydrogen-bond acceptors (Lipinski definition) is 7. The fourth-order valence-electron chi connectivity index (χ4n) is 3.06. The number of carbonyl (C=O) groups excluding carboxylic acids is 3. The number of nitrogens with zero attached hydrogens (tertiary/aromatic N) is 2. The third-order valence-corrected chi connectivity index (χ3v) is 5.24. The number of fused-ring (bicyclic) bond motifs is 2. The van der Waals surface area contributed by atoms with Crippen LogP contribution in [-0.2, 0) is 4.79 Å². The first-order valence-corrected chi connectivity index (χ1v) is 9.32. The number of nitrogens with one attached hydrogen (secondary N) is 2. The number of aromatic nitrogens is 2. The van der Waals surface area contributed by atoms with Crippen LogP contribution in [0, 0.1) is 0 Å². The van der Waals surface area contributed by atoms with Crippen molar-refractivity contribution in [1.82, 2.24) is 14.9 Å². The maximum atomic E-state index is 12.5. The van der Waals surface area contributed by atoms with E-state index in [-0.39, 0.29) is 22.9 Å². The van der Waals surface area contributed by atoms with E-state index in [4.69, 9.17) is 5.73 Å². The minimum Gasteiger partial charge on any atom is -0.384 e. The summed E-state index contributed by atoms with van der Waals surface area (Å²) in [7, 11) is 0. The number of amides is 3. The number of imide groups is 1. The smallest absolute Gasteiger partial charge is 0.262 e. The highest BCUT2D eigenvalue weighted by Crippen LogP contribution is 2.29. The van der Waals surface area contributed by atoms with Gasteiger partial charge in [0.2, 0.25) is 5.91 Å². The van der Waals surface area contributed by atoms with E-state index in [2.05, 4.69) is 15.6 Å². The van der Waals surface area contributed by atoms with Crippen LogP contribution in [-0.4, -0.2) is 27.3 Å². The van der Waals surface area contributed by atoms with E-state index in [1.54, 1.807) is 18.2 Å².